The molecule has 1 rings (SSSR count). The standard InChI is InChI=1S/C9H11FO2/c1-5(2)6-3-8(11)9(12)4-7(6)10/h3-5,11-12H,1-2H3. The molecule has 0 unspecified atom stereocenters. The third kappa shape index (κ3) is 1.49. The van der Waals surface area contributed by atoms with Gasteiger partial charge in [-0.2, -0.15) is 0 Å². The van der Waals surface area contributed by atoms with Crippen LogP contribution < -0.4 is 0 Å². The van der Waals surface area contributed by atoms with Gasteiger partial charge in [-0.05, 0) is 17.5 Å². The van der Waals surface area contributed by atoms with Crippen molar-refractivity contribution in [2.75, 3.05) is 0 Å². The molecule has 0 bridgehead atoms. The second kappa shape index (κ2) is 3.01. The number of rotatable bonds is 1. The van der Waals surface area contributed by atoms with Gasteiger partial charge < -0.3 is 10.2 Å². The maximum atomic E-state index is 13.0. The first-order chi connectivity index (χ1) is 5.52. The number of phenols is 2. The molecule has 0 atom stereocenters. The first kappa shape index (κ1) is 8.84. The van der Waals surface area contributed by atoms with Gasteiger partial charge in [0.25, 0.3) is 0 Å². The second-order valence-corrected chi connectivity index (χ2v) is 3.02. The van der Waals surface area contributed by atoms with Crippen LogP contribution in [0.1, 0.15) is 25.3 Å². The summed E-state index contributed by atoms with van der Waals surface area (Å²) in [4.78, 5) is 0. The summed E-state index contributed by atoms with van der Waals surface area (Å²) in [6.45, 7) is 3.63. The molecule has 0 aliphatic rings. The van der Waals surface area contributed by atoms with E-state index >= 15 is 0 Å². The van der Waals surface area contributed by atoms with E-state index in [0.29, 0.717) is 5.56 Å². The predicted molar refractivity (Wildman–Crippen MR) is 43.8 cm³/mol. The fraction of sp³-hybridized carbons (Fsp3) is 0.333. The summed E-state index contributed by atoms with van der Waals surface area (Å²) in [5.74, 6) is -1.19. The van der Waals surface area contributed by atoms with Crippen molar-refractivity contribution < 1.29 is 14.6 Å². The molecule has 0 saturated heterocycles. The number of phenolic OH excluding ortho intramolecular Hbond substituents is 2. The molecule has 2 nitrogen and oxygen atoms in total. The highest BCUT2D eigenvalue weighted by Gasteiger charge is 2.10. The van der Waals surface area contributed by atoms with Crippen LogP contribution in [0.2, 0.25) is 0 Å². The van der Waals surface area contributed by atoms with Crippen molar-refractivity contribution in [3.63, 3.8) is 0 Å². The van der Waals surface area contributed by atoms with Gasteiger partial charge in [0.15, 0.2) is 11.5 Å². The summed E-state index contributed by atoms with van der Waals surface area (Å²) in [6, 6.07) is 2.17. The Labute approximate surface area is 70.3 Å². The van der Waals surface area contributed by atoms with Gasteiger partial charge in [-0.25, -0.2) is 4.39 Å². The van der Waals surface area contributed by atoms with Crippen LogP contribution in [0, 0.1) is 5.82 Å². The molecule has 1 aromatic rings. The average Bonchev–Trinajstić information content (AvgIpc) is 1.96. The van der Waals surface area contributed by atoms with Gasteiger partial charge in [0.1, 0.15) is 5.82 Å². The van der Waals surface area contributed by atoms with Gasteiger partial charge in [-0.1, -0.05) is 13.8 Å². The lowest BCUT2D eigenvalue weighted by molar-refractivity contribution is 0.398. The van der Waals surface area contributed by atoms with Crippen LogP contribution in [0.15, 0.2) is 12.1 Å². The Bertz CT molecular complexity index is 295. The van der Waals surface area contributed by atoms with E-state index in [-0.39, 0.29) is 11.7 Å². The molecule has 0 saturated carbocycles. The minimum absolute atomic E-state index is 0.00324. The molecule has 0 aromatic heterocycles. The summed E-state index contributed by atoms with van der Waals surface area (Å²) >= 11 is 0. The fourth-order valence-corrected chi connectivity index (χ4v) is 1.01. The molecule has 0 aliphatic carbocycles. The van der Waals surface area contributed by atoms with Gasteiger partial charge in [-0.3, -0.25) is 0 Å². The van der Waals surface area contributed by atoms with E-state index in [2.05, 4.69) is 0 Å². The smallest absolute Gasteiger partial charge is 0.160 e. The van der Waals surface area contributed by atoms with Crippen LogP contribution in [0.3, 0.4) is 0 Å². The zero-order valence-corrected chi connectivity index (χ0v) is 7.00. The monoisotopic (exact) mass is 170 g/mol. The molecular weight excluding hydrogens is 159 g/mol. The number of aromatic hydroxyl groups is 2. The Morgan fingerprint density at radius 3 is 2.17 bits per heavy atom. The van der Waals surface area contributed by atoms with Crippen LogP contribution >= 0.6 is 0 Å². The Morgan fingerprint density at radius 2 is 1.67 bits per heavy atom. The summed E-state index contributed by atoms with van der Waals surface area (Å²) in [5.41, 5.74) is 0.408. The quantitative estimate of drug-likeness (QED) is 0.635. The van der Waals surface area contributed by atoms with Crippen LogP contribution in [0.4, 0.5) is 4.39 Å². The van der Waals surface area contributed by atoms with Crippen molar-refractivity contribution >= 4 is 0 Å². The van der Waals surface area contributed by atoms with Crippen LogP contribution in [-0.2, 0) is 0 Å². The SMILES string of the molecule is CC(C)c1cc(O)c(O)cc1F. The summed E-state index contributed by atoms with van der Waals surface area (Å²) in [6.07, 6.45) is 0. The Kier molecular flexibility index (Phi) is 2.22. The Hall–Kier alpha value is -1.25. The van der Waals surface area contributed by atoms with Crippen molar-refractivity contribution in [1.82, 2.24) is 0 Å². The summed E-state index contributed by atoms with van der Waals surface area (Å²) in [5, 5.41) is 18.0. The molecule has 0 spiro atoms. The molecule has 0 aliphatic heterocycles. The normalized spacial score (nSPS) is 10.7. The van der Waals surface area contributed by atoms with Crippen molar-refractivity contribution in [1.29, 1.82) is 0 Å². The average molecular weight is 170 g/mol. The van der Waals surface area contributed by atoms with Gasteiger partial charge in [0.05, 0.1) is 0 Å². The molecule has 2 N–H and O–H groups in total. The first-order valence-electron chi connectivity index (χ1n) is 3.73. The zero-order chi connectivity index (χ0) is 9.30. The van der Waals surface area contributed by atoms with Crippen molar-refractivity contribution in [2.24, 2.45) is 0 Å². The van der Waals surface area contributed by atoms with E-state index in [1.807, 2.05) is 13.8 Å². The highest BCUT2D eigenvalue weighted by atomic mass is 19.1. The van der Waals surface area contributed by atoms with E-state index in [4.69, 9.17) is 10.2 Å². The molecule has 12 heavy (non-hydrogen) atoms. The van der Waals surface area contributed by atoms with Crippen molar-refractivity contribution in [3.05, 3.63) is 23.5 Å². The van der Waals surface area contributed by atoms with Crippen LogP contribution in [-0.4, -0.2) is 10.2 Å². The van der Waals surface area contributed by atoms with E-state index in [1.54, 1.807) is 0 Å². The first-order valence-corrected chi connectivity index (χ1v) is 3.73. The summed E-state index contributed by atoms with van der Waals surface area (Å²) < 4.78 is 13.0. The molecule has 66 valence electrons. The number of hydrogen-bond donors (Lipinski definition) is 2. The lowest BCUT2D eigenvalue weighted by Gasteiger charge is -2.07. The Balaban J connectivity index is 3.23. The minimum atomic E-state index is -0.486. The van der Waals surface area contributed by atoms with Crippen molar-refractivity contribution in [2.45, 2.75) is 19.8 Å². The fourth-order valence-electron chi connectivity index (χ4n) is 1.01. The third-order valence-corrected chi connectivity index (χ3v) is 1.72. The maximum Gasteiger partial charge on any atom is 0.160 e. The van der Waals surface area contributed by atoms with E-state index in [1.165, 1.54) is 6.07 Å². The molecular formula is C9H11FO2. The third-order valence-electron chi connectivity index (χ3n) is 1.72. The number of benzene rings is 1. The summed E-state index contributed by atoms with van der Waals surface area (Å²) in [7, 11) is 0. The zero-order valence-electron chi connectivity index (χ0n) is 7.00. The number of hydrogen-bond acceptors (Lipinski definition) is 2. The highest BCUT2D eigenvalue weighted by Crippen LogP contribution is 2.30. The van der Waals surface area contributed by atoms with Gasteiger partial charge in [0, 0.05) is 6.07 Å². The molecule has 0 radical (unpaired) electrons. The second-order valence-electron chi connectivity index (χ2n) is 3.02. The molecule has 0 fully saturated rings. The lowest BCUT2D eigenvalue weighted by atomic mass is 10.0. The lowest BCUT2D eigenvalue weighted by Crippen LogP contribution is -1.92. The van der Waals surface area contributed by atoms with E-state index in [0.717, 1.165) is 6.07 Å². The van der Waals surface area contributed by atoms with Gasteiger partial charge in [-0.15, -0.1) is 0 Å². The largest absolute Gasteiger partial charge is 0.504 e. The minimum Gasteiger partial charge on any atom is -0.504 e. The molecule has 0 amide bonds. The Morgan fingerprint density at radius 1 is 1.17 bits per heavy atom. The maximum absolute atomic E-state index is 13.0. The molecule has 3 heteroatoms. The van der Waals surface area contributed by atoms with E-state index in [9.17, 15) is 4.39 Å². The van der Waals surface area contributed by atoms with Gasteiger partial charge >= 0.3 is 0 Å². The predicted octanol–water partition coefficient (Wildman–Crippen LogP) is 2.36. The molecule has 0 heterocycles. The van der Waals surface area contributed by atoms with Crippen molar-refractivity contribution in [3.8, 4) is 11.5 Å². The highest BCUT2D eigenvalue weighted by molar-refractivity contribution is 5.42. The van der Waals surface area contributed by atoms with E-state index < -0.39 is 11.6 Å². The topological polar surface area (TPSA) is 40.5 Å². The van der Waals surface area contributed by atoms with Crippen LogP contribution in [0.25, 0.3) is 0 Å². The molecule has 1 aromatic carbocycles. The van der Waals surface area contributed by atoms with Crippen LogP contribution in [0.5, 0.6) is 11.5 Å². The van der Waals surface area contributed by atoms with Gasteiger partial charge in [0.2, 0.25) is 0 Å². The number of halogens is 1.